The number of anilines is 1. The third kappa shape index (κ3) is 2.41. The summed E-state index contributed by atoms with van der Waals surface area (Å²) in [6.45, 7) is 0.828. The number of carbonyl (C=O) groups excluding carboxylic acids is 2. The number of nitrogens with one attached hydrogen (secondary N) is 1. The summed E-state index contributed by atoms with van der Waals surface area (Å²) in [5.74, 6) is 0.941. The lowest BCUT2D eigenvalue weighted by Gasteiger charge is -2.27. The van der Waals surface area contributed by atoms with Crippen molar-refractivity contribution in [1.82, 2.24) is 4.90 Å². The van der Waals surface area contributed by atoms with Crippen LogP contribution in [-0.4, -0.2) is 37.1 Å². The Morgan fingerprint density at radius 1 is 1.35 bits per heavy atom. The summed E-state index contributed by atoms with van der Waals surface area (Å²) in [6.07, 6.45) is 0.964. The van der Waals surface area contributed by atoms with Gasteiger partial charge < -0.3 is 19.7 Å². The zero-order valence-corrected chi connectivity index (χ0v) is 11.2. The molecule has 0 radical (unpaired) electrons. The van der Waals surface area contributed by atoms with E-state index in [1.807, 2.05) is 0 Å². The number of rotatable bonds is 2. The predicted octanol–water partition coefficient (Wildman–Crippen LogP) is 1.22. The van der Waals surface area contributed by atoms with Crippen LogP contribution in [0.15, 0.2) is 18.2 Å². The molecule has 1 fully saturated rings. The van der Waals surface area contributed by atoms with Gasteiger partial charge in [0.25, 0.3) is 0 Å². The molecule has 1 aromatic carbocycles. The highest BCUT2D eigenvalue weighted by atomic mass is 16.7. The fourth-order valence-electron chi connectivity index (χ4n) is 2.39. The highest BCUT2D eigenvalue weighted by molar-refractivity contribution is 5.96. The second-order valence-electron chi connectivity index (χ2n) is 5.06. The van der Waals surface area contributed by atoms with Gasteiger partial charge >= 0.3 is 0 Å². The molecule has 0 saturated carbocycles. The minimum Gasteiger partial charge on any atom is -0.454 e. The van der Waals surface area contributed by atoms with Crippen molar-refractivity contribution >= 4 is 17.5 Å². The molecule has 6 heteroatoms. The summed E-state index contributed by atoms with van der Waals surface area (Å²) in [7, 11) is 1.76. The van der Waals surface area contributed by atoms with E-state index in [9.17, 15) is 9.59 Å². The Morgan fingerprint density at radius 3 is 2.95 bits per heavy atom. The third-order valence-electron chi connectivity index (χ3n) is 3.67. The molecule has 1 saturated heterocycles. The van der Waals surface area contributed by atoms with E-state index >= 15 is 0 Å². The number of benzene rings is 1. The van der Waals surface area contributed by atoms with Gasteiger partial charge in [0.15, 0.2) is 11.5 Å². The van der Waals surface area contributed by atoms with Crippen molar-refractivity contribution in [3.63, 3.8) is 0 Å². The number of hydrogen-bond acceptors (Lipinski definition) is 4. The standard InChI is InChI=1S/C14H16N2O4/c1-16-5-4-9(6-13(16)17)14(18)15-10-2-3-11-12(7-10)20-8-19-11/h2-3,7,9H,4-6,8H2,1H3,(H,15,18). The van der Waals surface area contributed by atoms with Crippen molar-refractivity contribution in [3.05, 3.63) is 18.2 Å². The Balaban J connectivity index is 1.65. The molecule has 1 aromatic rings. The van der Waals surface area contributed by atoms with Gasteiger partial charge in [-0.15, -0.1) is 0 Å². The second kappa shape index (κ2) is 5.03. The molecule has 0 aromatic heterocycles. The van der Waals surface area contributed by atoms with Gasteiger partial charge in [0, 0.05) is 37.7 Å². The van der Waals surface area contributed by atoms with Crippen molar-refractivity contribution < 1.29 is 19.1 Å². The molecule has 2 aliphatic rings. The van der Waals surface area contributed by atoms with E-state index in [1.165, 1.54) is 0 Å². The van der Waals surface area contributed by atoms with Crippen LogP contribution >= 0.6 is 0 Å². The molecule has 20 heavy (non-hydrogen) atoms. The van der Waals surface area contributed by atoms with Gasteiger partial charge in [-0.1, -0.05) is 0 Å². The van der Waals surface area contributed by atoms with E-state index in [0.29, 0.717) is 30.2 Å². The molecule has 2 heterocycles. The van der Waals surface area contributed by atoms with Crippen LogP contribution in [0.4, 0.5) is 5.69 Å². The molecule has 0 aliphatic carbocycles. The first-order valence-electron chi connectivity index (χ1n) is 6.58. The molecule has 0 bridgehead atoms. The van der Waals surface area contributed by atoms with Crippen LogP contribution in [0.5, 0.6) is 11.5 Å². The lowest BCUT2D eigenvalue weighted by atomic mass is 9.95. The molecule has 1 unspecified atom stereocenters. The summed E-state index contributed by atoms with van der Waals surface area (Å²) in [6, 6.07) is 5.26. The molecular formula is C14H16N2O4. The number of hydrogen-bond donors (Lipinski definition) is 1. The van der Waals surface area contributed by atoms with Gasteiger partial charge in [-0.25, -0.2) is 0 Å². The lowest BCUT2D eigenvalue weighted by Crippen LogP contribution is -2.39. The fourth-order valence-corrected chi connectivity index (χ4v) is 2.39. The maximum Gasteiger partial charge on any atom is 0.231 e. The predicted molar refractivity (Wildman–Crippen MR) is 71.6 cm³/mol. The van der Waals surface area contributed by atoms with Crippen molar-refractivity contribution in [2.24, 2.45) is 5.92 Å². The maximum atomic E-state index is 12.2. The van der Waals surface area contributed by atoms with Crippen molar-refractivity contribution in [2.75, 3.05) is 25.7 Å². The largest absolute Gasteiger partial charge is 0.454 e. The molecule has 0 spiro atoms. The summed E-state index contributed by atoms with van der Waals surface area (Å²) in [5.41, 5.74) is 0.658. The number of carbonyl (C=O) groups is 2. The maximum absolute atomic E-state index is 12.2. The van der Waals surface area contributed by atoms with Crippen LogP contribution in [0.2, 0.25) is 0 Å². The second-order valence-corrected chi connectivity index (χ2v) is 5.06. The lowest BCUT2D eigenvalue weighted by molar-refractivity contribution is -0.137. The van der Waals surface area contributed by atoms with Gasteiger partial charge in [0.05, 0.1) is 0 Å². The summed E-state index contributed by atoms with van der Waals surface area (Å²) < 4.78 is 10.5. The van der Waals surface area contributed by atoms with Gasteiger partial charge in [-0.05, 0) is 18.6 Å². The quantitative estimate of drug-likeness (QED) is 0.882. The van der Waals surface area contributed by atoms with Crippen molar-refractivity contribution in [3.8, 4) is 11.5 Å². The average Bonchev–Trinajstić information content (AvgIpc) is 2.89. The van der Waals surface area contributed by atoms with Crippen LogP contribution < -0.4 is 14.8 Å². The molecule has 3 rings (SSSR count). The van der Waals surface area contributed by atoms with Crippen LogP contribution in [-0.2, 0) is 9.59 Å². The Hall–Kier alpha value is -2.24. The normalized spacial score (nSPS) is 20.9. The van der Waals surface area contributed by atoms with Gasteiger partial charge in [0.1, 0.15) is 0 Å². The molecule has 2 aliphatic heterocycles. The van der Waals surface area contributed by atoms with E-state index < -0.39 is 0 Å². The van der Waals surface area contributed by atoms with E-state index in [0.717, 1.165) is 0 Å². The van der Waals surface area contributed by atoms with E-state index in [-0.39, 0.29) is 30.9 Å². The molecule has 1 atom stereocenters. The SMILES string of the molecule is CN1CCC(C(=O)Nc2ccc3c(c2)OCO3)CC1=O. The first-order valence-corrected chi connectivity index (χ1v) is 6.58. The molecule has 2 amide bonds. The monoisotopic (exact) mass is 276 g/mol. The number of amides is 2. The number of piperidine rings is 1. The topological polar surface area (TPSA) is 67.9 Å². The van der Waals surface area contributed by atoms with E-state index in [4.69, 9.17) is 9.47 Å². The van der Waals surface area contributed by atoms with E-state index in [1.54, 1.807) is 30.1 Å². The Bertz CT molecular complexity index is 558. The van der Waals surface area contributed by atoms with Crippen molar-refractivity contribution in [1.29, 1.82) is 0 Å². The zero-order chi connectivity index (χ0) is 14.1. The van der Waals surface area contributed by atoms with Gasteiger partial charge in [-0.3, -0.25) is 9.59 Å². The number of likely N-dealkylation sites (tertiary alicyclic amines) is 1. The first kappa shape index (κ1) is 12.8. The van der Waals surface area contributed by atoms with Crippen LogP contribution in [0.25, 0.3) is 0 Å². The minimum absolute atomic E-state index is 0.0158. The molecule has 1 N–H and O–H groups in total. The summed E-state index contributed by atoms with van der Waals surface area (Å²) in [4.78, 5) is 25.4. The summed E-state index contributed by atoms with van der Waals surface area (Å²) >= 11 is 0. The average molecular weight is 276 g/mol. The molecule has 6 nitrogen and oxygen atoms in total. The van der Waals surface area contributed by atoms with E-state index in [2.05, 4.69) is 5.32 Å². The number of nitrogens with zero attached hydrogens (tertiary/aromatic N) is 1. The Labute approximate surface area is 116 Å². The fraction of sp³-hybridized carbons (Fsp3) is 0.429. The number of ether oxygens (including phenoxy) is 2. The van der Waals surface area contributed by atoms with Gasteiger partial charge in [-0.2, -0.15) is 0 Å². The van der Waals surface area contributed by atoms with Gasteiger partial charge in [0.2, 0.25) is 18.6 Å². The third-order valence-corrected chi connectivity index (χ3v) is 3.67. The molecule has 106 valence electrons. The first-order chi connectivity index (χ1) is 9.63. The van der Waals surface area contributed by atoms with Crippen molar-refractivity contribution in [2.45, 2.75) is 12.8 Å². The van der Waals surface area contributed by atoms with Crippen LogP contribution in [0.1, 0.15) is 12.8 Å². The Kier molecular flexibility index (Phi) is 3.22. The highest BCUT2D eigenvalue weighted by Crippen LogP contribution is 2.34. The minimum atomic E-state index is -0.260. The van der Waals surface area contributed by atoms with Crippen LogP contribution in [0, 0.1) is 5.92 Å². The highest BCUT2D eigenvalue weighted by Gasteiger charge is 2.28. The smallest absolute Gasteiger partial charge is 0.231 e. The van der Waals surface area contributed by atoms with Crippen LogP contribution in [0.3, 0.4) is 0 Å². The number of fused-ring (bicyclic) bond motifs is 1. The molecular weight excluding hydrogens is 260 g/mol. The Morgan fingerprint density at radius 2 is 2.15 bits per heavy atom. The summed E-state index contributed by atoms with van der Waals surface area (Å²) in [5, 5.41) is 2.83. The zero-order valence-electron chi connectivity index (χ0n) is 11.2.